The van der Waals surface area contributed by atoms with Gasteiger partial charge in [-0.3, -0.25) is 19.2 Å². The standard InChI is InChI=1S/C12H21BrN3O4PS/c1-4-6-14-21(19,15-7-5-13)20-10(3)12-11(16(17)18)9(2)8-22-12/h8,10H,4-7H2,1-3H3,(H2,14,15,19). The smallest absolute Gasteiger partial charge is 0.297 e. The molecule has 1 aromatic rings. The summed E-state index contributed by atoms with van der Waals surface area (Å²) < 4.78 is 18.4. The zero-order valence-corrected chi connectivity index (χ0v) is 16.1. The molecule has 10 heteroatoms. The lowest BCUT2D eigenvalue weighted by molar-refractivity contribution is -0.386. The molecule has 0 radical (unpaired) electrons. The quantitative estimate of drug-likeness (QED) is 0.259. The molecule has 7 nitrogen and oxygen atoms in total. The minimum absolute atomic E-state index is 0.0417. The van der Waals surface area contributed by atoms with E-state index in [1.165, 1.54) is 11.3 Å². The number of alkyl halides is 1. The van der Waals surface area contributed by atoms with E-state index in [1.54, 1.807) is 19.2 Å². The molecule has 0 aliphatic heterocycles. The second-order valence-electron chi connectivity index (χ2n) is 4.69. The molecule has 0 aliphatic carbocycles. The second kappa shape index (κ2) is 9.10. The van der Waals surface area contributed by atoms with Gasteiger partial charge in [0.25, 0.3) is 5.69 Å². The Morgan fingerprint density at radius 1 is 1.50 bits per heavy atom. The molecule has 0 bridgehead atoms. The summed E-state index contributed by atoms with van der Waals surface area (Å²) in [5, 5.41) is 19.2. The molecule has 0 aliphatic rings. The van der Waals surface area contributed by atoms with E-state index in [1.807, 2.05) is 6.92 Å². The molecule has 2 N–H and O–H groups in total. The molecular formula is C12H21BrN3O4PS. The predicted octanol–water partition coefficient (Wildman–Crippen LogP) is 4.13. The van der Waals surface area contributed by atoms with Crippen molar-refractivity contribution >= 4 is 40.6 Å². The fourth-order valence-corrected chi connectivity index (χ4v) is 5.14. The van der Waals surface area contributed by atoms with Crippen molar-refractivity contribution in [2.24, 2.45) is 0 Å². The second-order valence-corrected chi connectivity index (χ2v) is 8.34. The molecule has 0 aromatic carbocycles. The number of nitro groups is 1. The number of rotatable bonds is 10. The third-order valence-electron chi connectivity index (χ3n) is 2.81. The van der Waals surface area contributed by atoms with Gasteiger partial charge in [0.05, 0.1) is 4.92 Å². The first-order chi connectivity index (χ1) is 10.3. The van der Waals surface area contributed by atoms with E-state index in [9.17, 15) is 14.7 Å². The lowest BCUT2D eigenvalue weighted by atomic mass is 10.2. The van der Waals surface area contributed by atoms with Crippen molar-refractivity contribution in [3.05, 3.63) is 25.9 Å². The zero-order chi connectivity index (χ0) is 16.8. The highest BCUT2D eigenvalue weighted by Crippen LogP contribution is 2.46. The van der Waals surface area contributed by atoms with Crippen LogP contribution in [0.2, 0.25) is 0 Å². The Morgan fingerprint density at radius 3 is 2.68 bits per heavy atom. The molecular weight excluding hydrogens is 393 g/mol. The Labute approximate surface area is 142 Å². The summed E-state index contributed by atoms with van der Waals surface area (Å²) in [6.45, 7) is 6.31. The van der Waals surface area contributed by atoms with Crippen molar-refractivity contribution in [1.82, 2.24) is 10.2 Å². The molecule has 22 heavy (non-hydrogen) atoms. The van der Waals surface area contributed by atoms with Gasteiger partial charge in [-0.2, -0.15) is 0 Å². The summed E-state index contributed by atoms with van der Waals surface area (Å²) in [5.41, 5.74) is 0.630. The monoisotopic (exact) mass is 413 g/mol. The van der Waals surface area contributed by atoms with Crippen LogP contribution < -0.4 is 10.2 Å². The van der Waals surface area contributed by atoms with Crippen LogP contribution in [-0.4, -0.2) is 23.3 Å². The van der Waals surface area contributed by atoms with Gasteiger partial charge in [-0.15, -0.1) is 11.3 Å². The Balaban J connectivity index is 2.93. The number of nitrogens with one attached hydrogen (secondary N) is 2. The normalized spacial score (nSPS) is 15.5. The summed E-state index contributed by atoms with van der Waals surface area (Å²) in [5.74, 6) is 0. The molecule has 1 heterocycles. The molecule has 0 saturated carbocycles. The first kappa shape index (κ1) is 19.7. The van der Waals surface area contributed by atoms with Crippen LogP contribution in [-0.2, 0) is 9.09 Å². The van der Waals surface area contributed by atoms with Crippen LogP contribution in [0.5, 0.6) is 0 Å². The van der Waals surface area contributed by atoms with Crippen LogP contribution in [0.1, 0.15) is 36.8 Å². The molecule has 0 amide bonds. The predicted molar refractivity (Wildman–Crippen MR) is 92.9 cm³/mol. The third kappa shape index (κ3) is 5.40. The molecule has 1 aromatic heterocycles. The van der Waals surface area contributed by atoms with Crippen molar-refractivity contribution in [3.63, 3.8) is 0 Å². The first-order valence-corrected chi connectivity index (χ1v) is 10.5. The van der Waals surface area contributed by atoms with Gasteiger partial charge in [-0.05, 0) is 20.3 Å². The van der Waals surface area contributed by atoms with E-state index in [2.05, 4.69) is 26.1 Å². The Morgan fingerprint density at radius 2 is 2.14 bits per heavy atom. The van der Waals surface area contributed by atoms with E-state index in [0.29, 0.717) is 28.9 Å². The van der Waals surface area contributed by atoms with Crippen molar-refractivity contribution in [2.45, 2.75) is 33.3 Å². The van der Waals surface area contributed by atoms with Crippen LogP contribution in [0.4, 0.5) is 5.69 Å². The molecule has 0 fully saturated rings. The summed E-state index contributed by atoms with van der Waals surface area (Å²) in [4.78, 5) is 11.2. The van der Waals surface area contributed by atoms with Gasteiger partial charge >= 0.3 is 7.67 Å². The third-order valence-corrected chi connectivity index (χ3v) is 6.35. The van der Waals surface area contributed by atoms with Crippen LogP contribution in [0, 0.1) is 17.0 Å². The Bertz CT molecular complexity index is 542. The summed E-state index contributed by atoms with van der Waals surface area (Å²) >= 11 is 4.51. The largest absolute Gasteiger partial charge is 0.341 e. The van der Waals surface area contributed by atoms with Gasteiger partial charge in [0.15, 0.2) is 0 Å². The van der Waals surface area contributed by atoms with Gasteiger partial charge in [-0.25, -0.2) is 10.2 Å². The first-order valence-electron chi connectivity index (χ1n) is 6.91. The topological polar surface area (TPSA) is 93.5 Å². The highest BCUT2D eigenvalue weighted by Gasteiger charge is 2.31. The minimum atomic E-state index is -3.26. The fraction of sp³-hybridized carbons (Fsp3) is 0.667. The van der Waals surface area contributed by atoms with Crippen molar-refractivity contribution in [1.29, 1.82) is 0 Å². The molecule has 1 rings (SSSR count). The minimum Gasteiger partial charge on any atom is -0.297 e. The zero-order valence-electron chi connectivity index (χ0n) is 12.8. The van der Waals surface area contributed by atoms with Crippen LogP contribution in [0.3, 0.4) is 0 Å². The maximum Gasteiger partial charge on any atom is 0.341 e. The summed E-state index contributed by atoms with van der Waals surface area (Å²) in [6.07, 6.45) is 0.160. The number of nitrogens with zero attached hydrogens (tertiary/aromatic N) is 1. The number of aryl methyl sites for hydroxylation is 1. The van der Waals surface area contributed by atoms with Gasteiger partial charge in [-0.1, -0.05) is 22.9 Å². The fourth-order valence-electron chi connectivity index (χ4n) is 1.83. The maximum atomic E-state index is 12.8. The average Bonchev–Trinajstić information content (AvgIpc) is 2.85. The molecule has 126 valence electrons. The number of halogens is 1. The number of hydrogen-bond donors (Lipinski definition) is 2. The lowest BCUT2D eigenvalue weighted by Crippen LogP contribution is -2.27. The van der Waals surface area contributed by atoms with E-state index in [4.69, 9.17) is 4.52 Å². The molecule has 2 atom stereocenters. The van der Waals surface area contributed by atoms with Gasteiger partial charge in [0, 0.05) is 29.4 Å². The highest BCUT2D eigenvalue weighted by molar-refractivity contribution is 9.09. The van der Waals surface area contributed by atoms with E-state index in [-0.39, 0.29) is 5.69 Å². The number of hydrogen-bond acceptors (Lipinski definition) is 5. The van der Waals surface area contributed by atoms with Crippen molar-refractivity contribution < 1.29 is 14.0 Å². The average molecular weight is 414 g/mol. The van der Waals surface area contributed by atoms with Gasteiger partial charge in [0.2, 0.25) is 0 Å². The van der Waals surface area contributed by atoms with Crippen LogP contribution in [0.15, 0.2) is 5.38 Å². The van der Waals surface area contributed by atoms with Gasteiger partial charge in [0.1, 0.15) is 11.0 Å². The Hall–Kier alpha value is -0.310. The molecule has 0 spiro atoms. The highest BCUT2D eigenvalue weighted by atomic mass is 79.9. The van der Waals surface area contributed by atoms with E-state index < -0.39 is 18.7 Å². The maximum absolute atomic E-state index is 12.8. The SMILES string of the molecule is CCCNP(=O)(NCCBr)OC(C)c1scc(C)c1[N+](=O)[O-]. The lowest BCUT2D eigenvalue weighted by Gasteiger charge is -2.23. The number of thiophene rings is 1. The summed E-state index contributed by atoms with van der Waals surface area (Å²) in [6, 6.07) is 0. The van der Waals surface area contributed by atoms with Crippen molar-refractivity contribution in [3.8, 4) is 0 Å². The van der Waals surface area contributed by atoms with E-state index >= 15 is 0 Å². The van der Waals surface area contributed by atoms with Gasteiger partial charge < -0.3 is 0 Å². The molecule has 0 saturated heterocycles. The van der Waals surface area contributed by atoms with Crippen LogP contribution >= 0.6 is 34.9 Å². The van der Waals surface area contributed by atoms with Crippen molar-refractivity contribution in [2.75, 3.05) is 18.4 Å². The van der Waals surface area contributed by atoms with Crippen LogP contribution in [0.25, 0.3) is 0 Å². The summed E-state index contributed by atoms with van der Waals surface area (Å²) in [7, 11) is -3.26. The molecule has 2 unspecified atom stereocenters. The van der Waals surface area contributed by atoms with E-state index in [0.717, 1.165) is 6.42 Å². The Kier molecular flexibility index (Phi) is 8.16.